The number of sulfonamides is 1. The lowest BCUT2D eigenvalue weighted by Crippen LogP contribution is -2.40. The third kappa shape index (κ3) is 4.56. The van der Waals surface area contributed by atoms with E-state index in [0.29, 0.717) is 12.8 Å². The first-order valence-corrected chi connectivity index (χ1v) is 8.15. The predicted octanol–water partition coefficient (Wildman–Crippen LogP) is 1.60. The quantitative estimate of drug-likeness (QED) is 0.741. The Morgan fingerprint density at radius 2 is 1.76 bits per heavy atom. The largest absolute Gasteiger partial charge is 0.396 e. The number of hydrogen-bond acceptors (Lipinski definition) is 3. The summed E-state index contributed by atoms with van der Waals surface area (Å²) in [5, 5.41) is 8.67. The van der Waals surface area contributed by atoms with Crippen LogP contribution in [0.1, 0.15) is 45.4 Å². The average molecular weight is 263 g/mol. The molecule has 0 amide bonds. The van der Waals surface area contributed by atoms with Crippen molar-refractivity contribution < 1.29 is 13.5 Å². The van der Waals surface area contributed by atoms with Gasteiger partial charge >= 0.3 is 0 Å². The molecular weight excluding hydrogens is 238 g/mol. The van der Waals surface area contributed by atoms with E-state index in [0.717, 1.165) is 31.6 Å². The Hall–Kier alpha value is -0.130. The van der Waals surface area contributed by atoms with Crippen LogP contribution >= 0.6 is 0 Å². The molecule has 0 atom stereocenters. The van der Waals surface area contributed by atoms with Crippen LogP contribution in [0.5, 0.6) is 0 Å². The lowest BCUT2D eigenvalue weighted by Gasteiger charge is -2.32. The van der Waals surface area contributed by atoms with Crippen molar-refractivity contribution in [3.63, 3.8) is 0 Å². The number of nitrogens with zero attached hydrogens (tertiary/aromatic N) is 1. The Morgan fingerprint density at radius 1 is 1.18 bits per heavy atom. The van der Waals surface area contributed by atoms with Gasteiger partial charge in [-0.05, 0) is 44.4 Å². The molecule has 1 saturated carbocycles. The maximum atomic E-state index is 12.0. The molecule has 0 aliphatic heterocycles. The summed E-state index contributed by atoms with van der Waals surface area (Å²) < 4.78 is 25.6. The van der Waals surface area contributed by atoms with Gasteiger partial charge in [-0.25, -0.2) is 12.7 Å². The van der Waals surface area contributed by atoms with E-state index < -0.39 is 10.0 Å². The topological polar surface area (TPSA) is 57.6 Å². The lowest BCUT2D eigenvalue weighted by atomic mass is 9.87. The summed E-state index contributed by atoms with van der Waals surface area (Å²) in [7, 11) is -1.42. The van der Waals surface area contributed by atoms with Gasteiger partial charge in [0.25, 0.3) is 0 Å². The van der Waals surface area contributed by atoms with E-state index in [1.165, 1.54) is 0 Å². The average Bonchev–Trinajstić information content (AvgIpc) is 2.29. The van der Waals surface area contributed by atoms with Crippen LogP contribution in [0.15, 0.2) is 0 Å². The second kappa shape index (κ2) is 6.71. The van der Waals surface area contributed by atoms with Gasteiger partial charge in [-0.3, -0.25) is 0 Å². The minimum Gasteiger partial charge on any atom is -0.396 e. The summed E-state index contributed by atoms with van der Waals surface area (Å²) in [5.74, 6) is 0.896. The molecule has 1 fully saturated rings. The summed E-state index contributed by atoms with van der Waals surface area (Å²) >= 11 is 0. The normalized spacial score (nSPS) is 26.4. The molecule has 1 rings (SSSR count). The smallest absolute Gasteiger partial charge is 0.214 e. The monoisotopic (exact) mass is 263 g/mol. The number of unbranched alkanes of at least 4 members (excludes halogenated alkanes) is 1. The molecular formula is C12H25NO3S. The minimum atomic E-state index is -3.13. The first kappa shape index (κ1) is 14.9. The molecule has 0 radical (unpaired) electrons. The first-order valence-electron chi connectivity index (χ1n) is 6.54. The van der Waals surface area contributed by atoms with Crippen LogP contribution in [0.25, 0.3) is 0 Å². The molecule has 1 aliphatic carbocycles. The fourth-order valence-electron chi connectivity index (χ4n) is 2.37. The lowest BCUT2D eigenvalue weighted by molar-refractivity contribution is 0.245. The van der Waals surface area contributed by atoms with Gasteiger partial charge in [0.1, 0.15) is 0 Å². The molecule has 0 heterocycles. The van der Waals surface area contributed by atoms with Crippen molar-refractivity contribution in [2.45, 2.75) is 51.5 Å². The Bertz CT molecular complexity index is 308. The van der Waals surface area contributed by atoms with Crippen LogP contribution in [0.3, 0.4) is 0 Å². The molecule has 0 spiro atoms. The second-order valence-electron chi connectivity index (χ2n) is 5.18. The third-order valence-electron chi connectivity index (χ3n) is 3.75. The minimum absolute atomic E-state index is 0.0696. The highest BCUT2D eigenvalue weighted by Gasteiger charge is 2.28. The van der Waals surface area contributed by atoms with Crippen molar-refractivity contribution in [3.8, 4) is 0 Å². The van der Waals surface area contributed by atoms with Crippen molar-refractivity contribution >= 4 is 10.0 Å². The molecule has 0 aromatic rings. The van der Waals surface area contributed by atoms with E-state index in [1.54, 1.807) is 11.4 Å². The van der Waals surface area contributed by atoms with Crippen molar-refractivity contribution in [1.82, 2.24) is 4.31 Å². The molecule has 0 unspecified atom stereocenters. The van der Waals surface area contributed by atoms with Gasteiger partial charge in [-0.2, -0.15) is 0 Å². The summed E-state index contributed by atoms with van der Waals surface area (Å²) in [5.41, 5.74) is 0. The highest BCUT2D eigenvalue weighted by molar-refractivity contribution is 7.89. The maximum absolute atomic E-state index is 12.0. The van der Waals surface area contributed by atoms with Crippen LogP contribution < -0.4 is 0 Å². The molecule has 4 nitrogen and oxygen atoms in total. The standard InChI is InChI=1S/C12H25NO3S/c1-11-5-7-12(8-6-11)13(2)17(15,16)10-4-3-9-14/h11-12,14H,3-10H2,1-2H3. The van der Waals surface area contributed by atoms with Crippen LogP contribution in [-0.4, -0.2) is 43.3 Å². The molecule has 0 saturated heterocycles. The van der Waals surface area contributed by atoms with Gasteiger partial charge < -0.3 is 5.11 Å². The van der Waals surface area contributed by atoms with Crippen LogP contribution in [-0.2, 0) is 10.0 Å². The first-order chi connectivity index (χ1) is 7.97. The SMILES string of the molecule is CC1CCC(N(C)S(=O)(=O)CCCCO)CC1. The van der Waals surface area contributed by atoms with Gasteiger partial charge in [-0.15, -0.1) is 0 Å². The molecule has 102 valence electrons. The van der Waals surface area contributed by atoms with Gasteiger partial charge in [-0.1, -0.05) is 6.92 Å². The molecule has 0 aromatic carbocycles. The van der Waals surface area contributed by atoms with Crippen LogP contribution in [0.2, 0.25) is 0 Å². The zero-order chi connectivity index (χ0) is 12.9. The fourth-order valence-corrected chi connectivity index (χ4v) is 3.90. The molecule has 0 bridgehead atoms. The molecule has 5 heteroatoms. The van der Waals surface area contributed by atoms with E-state index in [1.807, 2.05) is 0 Å². The summed E-state index contributed by atoms with van der Waals surface area (Å²) in [6.45, 7) is 2.30. The predicted molar refractivity (Wildman–Crippen MR) is 69.3 cm³/mol. The van der Waals surface area contributed by atoms with Crippen LogP contribution in [0, 0.1) is 5.92 Å². The van der Waals surface area contributed by atoms with Crippen molar-refractivity contribution in [2.75, 3.05) is 19.4 Å². The second-order valence-corrected chi connectivity index (χ2v) is 7.32. The Balaban J connectivity index is 2.47. The molecule has 1 N–H and O–H groups in total. The van der Waals surface area contributed by atoms with Gasteiger partial charge in [0.05, 0.1) is 5.75 Å². The fraction of sp³-hybridized carbons (Fsp3) is 1.00. The van der Waals surface area contributed by atoms with Crippen molar-refractivity contribution in [3.05, 3.63) is 0 Å². The van der Waals surface area contributed by atoms with Crippen molar-refractivity contribution in [1.29, 1.82) is 0 Å². The number of aliphatic hydroxyl groups is 1. The zero-order valence-corrected chi connectivity index (χ0v) is 11.7. The summed E-state index contributed by atoms with van der Waals surface area (Å²) in [4.78, 5) is 0. The van der Waals surface area contributed by atoms with Gasteiger partial charge in [0.15, 0.2) is 0 Å². The Kier molecular flexibility index (Phi) is 5.89. The molecule has 0 aromatic heterocycles. The van der Waals surface area contributed by atoms with E-state index in [4.69, 9.17) is 5.11 Å². The van der Waals surface area contributed by atoms with Gasteiger partial charge in [0.2, 0.25) is 10.0 Å². The molecule has 17 heavy (non-hydrogen) atoms. The van der Waals surface area contributed by atoms with Crippen LogP contribution in [0.4, 0.5) is 0 Å². The van der Waals surface area contributed by atoms with Crippen molar-refractivity contribution in [2.24, 2.45) is 5.92 Å². The van der Waals surface area contributed by atoms with Gasteiger partial charge in [0, 0.05) is 19.7 Å². The number of aliphatic hydroxyl groups excluding tert-OH is 1. The Labute approximate surface area is 105 Å². The van der Waals surface area contributed by atoms with E-state index in [9.17, 15) is 8.42 Å². The zero-order valence-electron chi connectivity index (χ0n) is 10.9. The Morgan fingerprint density at radius 3 is 2.29 bits per heavy atom. The summed E-state index contributed by atoms with van der Waals surface area (Å²) in [6, 6.07) is 0.185. The molecule has 1 aliphatic rings. The van der Waals surface area contributed by atoms with E-state index in [2.05, 4.69) is 6.92 Å². The summed E-state index contributed by atoms with van der Waals surface area (Å²) in [6.07, 6.45) is 5.33. The highest BCUT2D eigenvalue weighted by Crippen LogP contribution is 2.27. The maximum Gasteiger partial charge on any atom is 0.214 e. The number of hydrogen-bond donors (Lipinski definition) is 1. The number of rotatable bonds is 6. The van der Waals surface area contributed by atoms with E-state index >= 15 is 0 Å². The highest BCUT2D eigenvalue weighted by atomic mass is 32.2. The van der Waals surface area contributed by atoms with E-state index in [-0.39, 0.29) is 18.4 Å². The third-order valence-corrected chi connectivity index (χ3v) is 5.73.